The summed E-state index contributed by atoms with van der Waals surface area (Å²) in [5.74, 6) is -0.252. The average Bonchev–Trinajstić information content (AvgIpc) is 3.09. The third-order valence-electron chi connectivity index (χ3n) is 12.6. The van der Waals surface area contributed by atoms with E-state index < -0.39 is 30.3 Å². The van der Waals surface area contributed by atoms with Crippen LogP contribution < -0.4 is 16.4 Å². The molecule has 0 aromatic rings. The van der Waals surface area contributed by atoms with Crippen molar-refractivity contribution in [2.45, 2.75) is 93.9 Å². The van der Waals surface area contributed by atoms with Crippen LogP contribution in [0.15, 0.2) is 11.8 Å². The molecule has 3 aliphatic carbocycles. The van der Waals surface area contributed by atoms with Gasteiger partial charge in [-0.2, -0.15) is 0 Å². The van der Waals surface area contributed by atoms with Gasteiger partial charge in [0, 0.05) is 58.1 Å². The van der Waals surface area contributed by atoms with Crippen LogP contribution in [0.2, 0.25) is 0 Å². The van der Waals surface area contributed by atoms with Gasteiger partial charge < -0.3 is 40.5 Å². The molecule has 11 nitrogen and oxygen atoms in total. The Kier molecular flexibility index (Phi) is 10.8. The number of nitrogens with zero attached hydrogens (tertiary/aromatic N) is 4. The van der Waals surface area contributed by atoms with Crippen molar-refractivity contribution in [2.24, 2.45) is 23.5 Å². The number of morpholine rings is 2. The average molecular weight is 660 g/mol. The Morgan fingerprint density at radius 1 is 0.979 bits per heavy atom. The topological polar surface area (TPSA) is 116 Å². The standard InChI is InChI=1S/C35H58FN7O4/c1-40-12-14-41(15-13-40)10-5-9-39-35(45)25-22-43-26-20-23-6-2-3-7-24(23)21-27(26)47-34-31(29(36)30(37)28(32(34)43)33(25)44)38-8-4-11-42-16-18-46-19-17-42/h22-24,26-32,34,38H,2-21,37H2,1H3,(H,39,45). The molecule has 0 bridgehead atoms. The molecule has 47 heavy (non-hydrogen) atoms. The van der Waals surface area contributed by atoms with Crippen molar-refractivity contribution in [1.82, 2.24) is 30.2 Å². The van der Waals surface area contributed by atoms with E-state index in [4.69, 9.17) is 15.2 Å². The van der Waals surface area contributed by atoms with Crippen LogP contribution in [0.3, 0.4) is 0 Å². The second-order valence-corrected chi connectivity index (χ2v) is 15.4. The number of Topliss-reactive ketones (excluding diaryl/α,β-unsaturated/α-hetero) is 1. The van der Waals surface area contributed by atoms with E-state index in [1.54, 1.807) is 0 Å². The first-order chi connectivity index (χ1) is 22.9. The lowest BCUT2D eigenvalue weighted by Gasteiger charge is -2.62. The van der Waals surface area contributed by atoms with Gasteiger partial charge in [-0.05, 0) is 64.2 Å². The number of halogens is 1. The zero-order valence-corrected chi connectivity index (χ0v) is 28.4. The minimum atomic E-state index is -1.45. The van der Waals surface area contributed by atoms with E-state index in [1.165, 1.54) is 25.7 Å². The van der Waals surface area contributed by atoms with Gasteiger partial charge in [-0.15, -0.1) is 0 Å². The predicted molar refractivity (Wildman–Crippen MR) is 177 cm³/mol. The Balaban J connectivity index is 1.07. The Morgan fingerprint density at radius 2 is 1.66 bits per heavy atom. The number of ether oxygens (including phenoxy) is 2. The molecule has 7 aliphatic rings. The van der Waals surface area contributed by atoms with Crippen molar-refractivity contribution in [1.29, 1.82) is 0 Å². The number of carbonyl (C=O) groups excluding carboxylic acids is 2. The lowest BCUT2D eigenvalue weighted by molar-refractivity contribution is -0.211. The number of alkyl halides is 1. The summed E-state index contributed by atoms with van der Waals surface area (Å²) in [4.78, 5) is 37.2. The minimum Gasteiger partial charge on any atom is -0.379 e. The number of piperazine rings is 1. The van der Waals surface area contributed by atoms with E-state index in [-0.39, 0.29) is 35.5 Å². The molecule has 4 aliphatic heterocycles. The van der Waals surface area contributed by atoms with E-state index in [0.717, 1.165) is 91.3 Å². The first kappa shape index (κ1) is 33.8. The monoisotopic (exact) mass is 659 g/mol. The number of hydrogen-bond donors (Lipinski definition) is 3. The Bertz CT molecular complexity index is 1130. The molecule has 0 spiro atoms. The summed E-state index contributed by atoms with van der Waals surface area (Å²) in [7, 11) is 2.14. The summed E-state index contributed by atoms with van der Waals surface area (Å²) >= 11 is 0. The third-order valence-corrected chi connectivity index (χ3v) is 12.6. The molecular weight excluding hydrogens is 601 g/mol. The molecule has 3 saturated carbocycles. The molecule has 12 heteroatoms. The molecule has 1 amide bonds. The lowest BCUT2D eigenvalue weighted by Crippen LogP contribution is -2.77. The minimum absolute atomic E-state index is 0.0484. The number of likely N-dealkylation sites (N-methyl/N-ethyl adjacent to an activating group) is 1. The van der Waals surface area contributed by atoms with Crippen molar-refractivity contribution in [3.8, 4) is 0 Å². The van der Waals surface area contributed by atoms with Gasteiger partial charge in [0.2, 0.25) is 0 Å². The van der Waals surface area contributed by atoms with Gasteiger partial charge in [-0.3, -0.25) is 14.5 Å². The van der Waals surface area contributed by atoms with Crippen molar-refractivity contribution in [2.75, 3.05) is 85.7 Å². The zero-order valence-electron chi connectivity index (χ0n) is 28.4. The quantitative estimate of drug-likeness (QED) is 0.228. The summed E-state index contributed by atoms with van der Waals surface area (Å²) in [6.07, 6.45) is 8.45. The number of ketones is 1. The summed E-state index contributed by atoms with van der Waals surface area (Å²) in [6.45, 7) is 10.5. The maximum absolute atomic E-state index is 16.4. The zero-order chi connectivity index (χ0) is 32.5. The molecule has 3 saturated heterocycles. The second-order valence-electron chi connectivity index (χ2n) is 15.4. The van der Waals surface area contributed by atoms with Crippen molar-refractivity contribution in [3.63, 3.8) is 0 Å². The number of nitrogens with two attached hydrogens (primary N) is 1. The molecule has 7 rings (SSSR count). The number of hydrogen-bond acceptors (Lipinski definition) is 10. The molecule has 4 heterocycles. The van der Waals surface area contributed by atoms with Crippen LogP contribution >= 0.6 is 0 Å². The molecule has 10 atom stereocenters. The largest absolute Gasteiger partial charge is 0.379 e. The molecule has 6 fully saturated rings. The van der Waals surface area contributed by atoms with Gasteiger partial charge in [0.25, 0.3) is 5.91 Å². The lowest BCUT2D eigenvalue weighted by atomic mass is 9.64. The number of fused-ring (bicyclic) bond motifs is 3. The van der Waals surface area contributed by atoms with Crippen LogP contribution in [0.1, 0.15) is 51.4 Å². The van der Waals surface area contributed by atoms with E-state index in [0.29, 0.717) is 24.9 Å². The van der Waals surface area contributed by atoms with E-state index in [2.05, 4.69) is 37.3 Å². The van der Waals surface area contributed by atoms with Gasteiger partial charge in [0.1, 0.15) is 6.17 Å². The summed E-state index contributed by atoms with van der Waals surface area (Å²) in [6, 6.07) is -1.93. The number of carbonyl (C=O) groups is 2. The molecular formula is C35H58FN7O4. The van der Waals surface area contributed by atoms with Crippen LogP contribution in [0, 0.1) is 17.8 Å². The first-order valence-corrected chi connectivity index (χ1v) is 18.7. The van der Waals surface area contributed by atoms with Gasteiger partial charge in [-0.1, -0.05) is 25.7 Å². The highest BCUT2D eigenvalue weighted by atomic mass is 19.1. The number of rotatable bonds is 10. The van der Waals surface area contributed by atoms with Gasteiger partial charge in [0.05, 0.1) is 55.0 Å². The summed E-state index contributed by atoms with van der Waals surface area (Å²) < 4.78 is 28.8. The van der Waals surface area contributed by atoms with Crippen LogP contribution in [-0.4, -0.2) is 160 Å². The predicted octanol–water partition coefficient (Wildman–Crippen LogP) is 0.589. The van der Waals surface area contributed by atoms with Gasteiger partial charge in [-0.25, -0.2) is 4.39 Å². The van der Waals surface area contributed by atoms with Crippen LogP contribution in [0.5, 0.6) is 0 Å². The van der Waals surface area contributed by atoms with E-state index in [1.807, 2.05) is 6.20 Å². The third kappa shape index (κ3) is 7.16. The van der Waals surface area contributed by atoms with Crippen molar-refractivity contribution >= 4 is 11.7 Å². The smallest absolute Gasteiger partial charge is 0.256 e. The first-order valence-electron chi connectivity index (χ1n) is 18.7. The van der Waals surface area contributed by atoms with Gasteiger partial charge >= 0.3 is 0 Å². The highest BCUT2D eigenvalue weighted by molar-refractivity contribution is 6.20. The van der Waals surface area contributed by atoms with Crippen LogP contribution in [0.25, 0.3) is 0 Å². The van der Waals surface area contributed by atoms with E-state index >= 15 is 4.39 Å². The molecule has 0 aromatic carbocycles. The van der Waals surface area contributed by atoms with Crippen molar-refractivity contribution in [3.05, 3.63) is 11.8 Å². The summed E-state index contributed by atoms with van der Waals surface area (Å²) in [5.41, 5.74) is 6.82. The SMILES string of the molecule is CN1CCN(CCCNC(=O)C2=CN3C4CC5CCCCC5CC4OC4C(NCCCN5CCOCC5)C(F)C(N)C(C2=O)C43)CC1. The molecule has 0 radical (unpaired) electrons. The van der Waals surface area contributed by atoms with Crippen LogP contribution in [0.4, 0.5) is 4.39 Å². The maximum Gasteiger partial charge on any atom is 0.256 e. The molecule has 10 unspecified atom stereocenters. The number of nitrogens with one attached hydrogen (secondary N) is 2. The number of amides is 1. The Morgan fingerprint density at radius 3 is 2.40 bits per heavy atom. The van der Waals surface area contributed by atoms with Crippen LogP contribution in [-0.2, 0) is 19.1 Å². The molecule has 4 N–H and O–H groups in total. The fraction of sp³-hybridized carbons (Fsp3) is 0.886. The molecule has 264 valence electrons. The fourth-order valence-corrected chi connectivity index (χ4v) is 9.86. The Hall–Kier alpha value is -1.67. The Labute approximate surface area is 280 Å². The fourth-order valence-electron chi connectivity index (χ4n) is 9.86. The van der Waals surface area contributed by atoms with Gasteiger partial charge in [0.15, 0.2) is 5.78 Å². The molecule has 0 aromatic heterocycles. The highest BCUT2D eigenvalue weighted by Gasteiger charge is 2.62. The summed E-state index contributed by atoms with van der Waals surface area (Å²) in [5, 5.41) is 6.54. The second kappa shape index (κ2) is 15.1. The van der Waals surface area contributed by atoms with E-state index in [9.17, 15) is 9.59 Å². The van der Waals surface area contributed by atoms with Crippen molar-refractivity contribution < 1.29 is 23.5 Å². The maximum atomic E-state index is 16.4. The highest BCUT2D eigenvalue weighted by Crippen LogP contribution is 2.50. The normalized spacial score (nSPS) is 39.9.